The zero-order chi connectivity index (χ0) is 18.4. The van der Waals surface area contributed by atoms with Crippen molar-refractivity contribution < 1.29 is 9.53 Å². The summed E-state index contributed by atoms with van der Waals surface area (Å²) in [5.74, 6) is 1.47. The van der Waals surface area contributed by atoms with E-state index >= 15 is 0 Å². The van der Waals surface area contributed by atoms with Gasteiger partial charge in [0.05, 0.1) is 12.2 Å². The van der Waals surface area contributed by atoms with Gasteiger partial charge in [-0.3, -0.25) is 4.79 Å². The van der Waals surface area contributed by atoms with E-state index in [1.807, 2.05) is 29.3 Å². The van der Waals surface area contributed by atoms with Gasteiger partial charge in [0.15, 0.2) is 0 Å². The lowest BCUT2D eigenvalue weighted by molar-refractivity contribution is -0.132. The average Bonchev–Trinajstić information content (AvgIpc) is 3.01. The van der Waals surface area contributed by atoms with Gasteiger partial charge in [-0.15, -0.1) is 11.3 Å². The van der Waals surface area contributed by atoms with Crippen LogP contribution in [0.5, 0.6) is 5.75 Å². The predicted octanol–water partition coefficient (Wildman–Crippen LogP) is 4.73. The van der Waals surface area contributed by atoms with Gasteiger partial charge in [-0.2, -0.15) is 0 Å². The quantitative estimate of drug-likeness (QED) is 0.683. The van der Waals surface area contributed by atoms with Gasteiger partial charge in [0.1, 0.15) is 17.4 Å². The number of hydrogen-bond acceptors (Lipinski definition) is 4. The molecule has 0 saturated heterocycles. The molecule has 0 aliphatic heterocycles. The monoisotopic (exact) mass is 360 g/mol. The summed E-state index contributed by atoms with van der Waals surface area (Å²) in [6, 6.07) is 6.07. The molecular formula is C20H28N2O2S. The smallest absolute Gasteiger partial charge is 0.223 e. The Morgan fingerprint density at radius 2 is 2.08 bits per heavy atom. The third-order valence-electron chi connectivity index (χ3n) is 4.18. The van der Waals surface area contributed by atoms with Crippen LogP contribution >= 0.6 is 11.3 Å². The molecule has 4 nitrogen and oxygen atoms in total. The Hall–Kier alpha value is -1.88. The lowest BCUT2D eigenvalue weighted by atomic mass is 10.1. The zero-order valence-electron chi connectivity index (χ0n) is 15.8. The molecule has 0 fully saturated rings. The molecule has 0 unspecified atom stereocenters. The molecule has 1 aromatic heterocycles. The Labute approximate surface area is 154 Å². The molecule has 1 amide bonds. The van der Waals surface area contributed by atoms with Crippen LogP contribution in [-0.2, 0) is 17.9 Å². The minimum absolute atomic E-state index is 0.193. The molecule has 2 aromatic rings. The lowest BCUT2D eigenvalue weighted by Gasteiger charge is -2.20. The summed E-state index contributed by atoms with van der Waals surface area (Å²) >= 11 is 1.58. The summed E-state index contributed by atoms with van der Waals surface area (Å²) in [6.45, 7) is 12.0. The van der Waals surface area contributed by atoms with Crippen molar-refractivity contribution in [1.82, 2.24) is 9.88 Å². The number of carbonyl (C=O) groups is 1. The first-order valence-corrected chi connectivity index (χ1v) is 9.68. The van der Waals surface area contributed by atoms with E-state index in [1.165, 1.54) is 5.56 Å². The number of thiazole rings is 1. The van der Waals surface area contributed by atoms with Crippen molar-refractivity contribution in [3.8, 4) is 5.75 Å². The standard InChI is InChI=1S/C20H28N2O2S/c1-6-22(20(23)10-14(2)3)11-17-13-25-19(21-17)12-24-18-9-7-8-15(4)16(18)5/h7-9,13-14H,6,10-12H2,1-5H3. The minimum atomic E-state index is 0.193. The van der Waals surface area contributed by atoms with Crippen LogP contribution in [-0.4, -0.2) is 22.3 Å². The van der Waals surface area contributed by atoms with Crippen molar-refractivity contribution >= 4 is 17.2 Å². The number of aromatic nitrogens is 1. The molecule has 136 valence electrons. The highest BCUT2D eigenvalue weighted by atomic mass is 32.1. The molecule has 0 aliphatic carbocycles. The summed E-state index contributed by atoms with van der Waals surface area (Å²) in [4.78, 5) is 18.7. The second-order valence-corrected chi connectivity index (χ2v) is 7.67. The van der Waals surface area contributed by atoms with Crippen LogP contribution in [0.25, 0.3) is 0 Å². The van der Waals surface area contributed by atoms with Gasteiger partial charge in [0.2, 0.25) is 5.91 Å². The normalized spacial score (nSPS) is 11.0. The fourth-order valence-electron chi connectivity index (χ4n) is 2.56. The lowest BCUT2D eigenvalue weighted by Crippen LogP contribution is -2.31. The van der Waals surface area contributed by atoms with Gasteiger partial charge in [0, 0.05) is 18.3 Å². The number of rotatable bonds is 8. The van der Waals surface area contributed by atoms with E-state index < -0.39 is 0 Å². The fourth-order valence-corrected chi connectivity index (χ4v) is 3.25. The molecule has 25 heavy (non-hydrogen) atoms. The molecule has 2 rings (SSSR count). The number of ether oxygens (including phenoxy) is 1. The van der Waals surface area contributed by atoms with Crippen LogP contribution in [0, 0.1) is 19.8 Å². The molecule has 1 aromatic carbocycles. The Bertz CT molecular complexity index is 709. The Morgan fingerprint density at radius 1 is 1.32 bits per heavy atom. The molecule has 0 saturated carbocycles. The largest absolute Gasteiger partial charge is 0.486 e. The van der Waals surface area contributed by atoms with Crippen molar-refractivity contribution in [2.24, 2.45) is 5.92 Å². The molecule has 0 radical (unpaired) electrons. The fraction of sp³-hybridized carbons (Fsp3) is 0.500. The highest BCUT2D eigenvalue weighted by Crippen LogP contribution is 2.22. The first-order chi connectivity index (χ1) is 11.9. The first-order valence-electron chi connectivity index (χ1n) is 8.80. The SMILES string of the molecule is CCN(Cc1csc(COc2cccc(C)c2C)n1)C(=O)CC(C)C. The average molecular weight is 361 g/mol. The van der Waals surface area contributed by atoms with Crippen LogP contribution in [0.1, 0.15) is 49.0 Å². The molecule has 1 heterocycles. The van der Waals surface area contributed by atoms with Crippen molar-refractivity contribution in [2.45, 2.75) is 54.2 Å². The molecule has 0 atom stereocenters. The molecule has 0 N–H and O–H groups in total. The summed E-state index contributed by atoms with van der Waals surface area (Å²) < 4.78 is 5.92. The van der Waals surface area contributed by atoms with Crippen LogP contribution in [0.2, 0.25) is 0 Å². The maximum Gasteiger partial charge on any atom is 0.223 e. The second-order valence-electron chi connectivity index (χ2n) is 6.73. The van der Waals surface area contributed by atoms with Gasteiger partial charge in [-0.1, -0.05) is 26.0 Å². The molecule has 5 heteroatoms. The highest BCUT2D eigenvalue weighted by Gasteiger charge is 2.15. The van der Waals surface area contributed by atoms with Crippen LogP contribution in [0.3, 0.4) is 0 Å². The Kier molecular flexibility index (Phi) is 7.00. The van der Waals surface area contributed by atoms with Gasteiger partial charge in [0.25, 0.3) is 0 Å². The molecule has 0 spiro atoms. The van der Waals surface area contributed by atoms with E-state index in [0.717, 1.165) is 22.0 Å². The Balaban J connectivity index is 1.95. The van der Waals surface area contributed by atoms with E-state index in [0.29, 0.717) is 32.0 Å². The number of hydrogen-bond donors (Lipinski definition) is 0. The topological polar surface area (TPSA) is 42.4 Å². The number of carbonyl (C=O) groups excluding carboxylic acids is 1. The summed E-state index contributed by atoms with van der Waals surface area (Å²) in [7, 11) is 0. The van der Waals surface area contributed by atoms with Gasteiger partial charge >= 0.3 is 0 Å². The molecular weight excluding hydrogens is 332 g/mol. The van der Waals surface area contributed by atoms with E-state index in [4.69, 9.17) is 4.74 Å². The number of amides is 1. The van der Waals surface area contributed by atoms with Gasteiger partial charge in [-0.25, -0.2) is 4.98 Å². The Morgan fingerprint density at radius 3 is 2.76 bits per heavy atom. The predicted molar refractivity (Wildman–Crippen MR) is 103 cm³/mol. The number of benzene rings is 1. The van der Waals surface area contributed by atoms with Crippen molar-refractivity contribution in [3.63, 3.8) is 0 Å². The third kappa shape index (κ3) is 5.56. The highest BCUT2D eigenvalue weighted by molar-refractivity contribution is 7.09. The van der Waals surface area contributed by atoms with Crippen molar-refractivity contribution in [2.75, 3.05) is 6.54 Å². The van der Waals surface area contributed by atoms with E-state index in [9.17, 15) is 4.79 Å². The first kappa shape index (κ1) is 19.4. The van der Waals surface area contributed by atoms with Crippen LogP contribution in [0.15, 0.2) is 23.6 Å². The van der Waals surface area contributed by atoms with Gasteiger partial charge < -0.3 is 9.64 Å². The molecule has 0 bridgehead atoms. The summed E-state index contributed by atoms with van der Waals surface area (Å²) in [6.07, 6.45) is 0.584. The maximum absolute atomic E-state index is 12.3. The van der Waals surface area contributed by atoms with E-state index in [2.05, 4.69) is 38.7 Å². The maximum atomic E-state index is 12.3. The van der Waals surface area contributed by atoms with Crippen LogP contribution in [0.4, 0.5) is 0 Å². The van der Waals surface area contributed by atoms with Crippen molar-refractivity contribution in [1.29, 1.82) is 0 Å². The second kappa shape index (κ2) is 8.99. The van der Waals surface area contributed by atoms with Crippen molar-refractivity contribution in [3.05, 3.63) is 45.4 Å². The van der Waals surface area contributed by atoms with E-state index in [-0.39, 0.29) is 5.91 Å². The summed E-state index contributed by atoms with van der Waals surface area (Å²) in [5.41, 5.74) is 3.32. The summed E-state index contributed by atoms with van der Waals surface area (Å²) in [5, 5.41) is 2.95. The third-order valence-corrected chi connectivity index (χ3v) is 5.05. The van der Waals surface area contributed by atoms with Gasteiger partial charge in [-0.05, 0) is 43.9 Å². The van der Waals surface area contributed by atoms with E-state index in [1.54, 1.807) is 11.3 Å². The number of aryl methyl sites for hydroxylation is 1. The minimum Gasteiger partial charge on any atom is -0.486 e. The zero-order valence-corrected chi connectivity index (χ0v) is 16.7. The molecule has 0 aliphatic rings. The number of nitrogens with zero attached hydrogens (tertiary/aromatic N) is 2. The van der Waals surface area contributed by atoms with Crippen LogP contribution < -0.4 is 4.74 Å².